The van der Waals surface area contributed by atoms with Gasteiger partial charge in [-0.3, -0.25) is 4.79 Å². The second-order valence-corrected chi connectivity index (χ2v) is 6.70. The lowest BCUT2D eigenvalue weighted by Gasteiger charge is -2.37. The standard InChI is InChI=1S/C17H22FN3O3/c1-10-6-7-21(15(8-10)17(23)24)16(22)14-9-13(19-20-14)11-2-4-12(18)5-3-11/h2-5,10,13-15,19-20H,6-9H2,1H3,(H,23,24). The number of piperidine rings is 1. The summed E-state index contributed by atoms with van der Waals surface area (Å²) in [5.41, 5.74) is 6.90. The monoisotopic (exact) mass is 335 g/mol. The van der Waals surface area contributed by atoms with Crippen molar-refractivity contribution in [2.75, 3.05) is 6.54 Å². The van der Waals surface area contributed by atoms with E-state index in [0.29, 0.717) is 25.3 Å². The van der Waals surface area contributed by atoms with Crippen molar-refractivity contribution in [1.82, 2.24) is 15.8 Å². The molecular formula is C17H22FN3O3. The zero-order valence-electron chi connectivity index (χ0n) is 13.5. The fourth-order valence-electron chi connectivity index (χ4n) is 3.47. The van der Waals surface area contributed by atoms with Crippen LogP contribution in [0.25, 0.3) is 0 Å². The third-order valence-electron chi connectivity index (χ3n) is 4.91. The molecule has 130 valence electrons. The highest BCUT2D eigenvalue weighted by atomic mass is 19.1. The summed E-state index contributed by atoms with van der Waals surface area (Å²) >= 11 is 0. The van der Waals surface area contributed by atoms with E-state index in [1.54, 1.807) is 12.1 Å². The van der Waals surface area contributed by atoms with E-state index in [0.717, 1.165) is 12.0 Å². The van der Waals surface area contributed by atoms with Crippen LogP contribution in [0.15, 0.2) is 24.3 Å². The summed E-state index contributed by atoms with van der Waals surface area (Å²) < 4.78 is 13.0. The molecule has 24 heavy (non-hydrogen) atoms. The van der Waals surface area contributed by atoms with E-state index in [1.165, 1.54) is 17.0 Å². The molecule has 1 aromatic rings. The van der Waals surface area contributed by atoms with Gasteiger partial charge in [-0.2, -0.15) is 0 Å². The number of carbonyl (C=O) groups is 2. The van der Waals surface area contributed by atoms with Crippen LogP contribution < -0.4 is 10.9 Å². The summed E-state index contributed by atoms with van der Waals surface area (Å²) in [6, 6.07) is 4.81. The molecule has 2 saturated heterocycles. The smallest absolute Gasteiger partial charge is 0.326 e. The van der Waals surface area contributed by atoms with Gasteiger partial charge in [0, 0.05) is 12.6 Å². The number of carboxylic acids is 1. The molecule has 0 aromatic heterocycles. The molecule has 4 unspecified atom stereocenters. The first-order valence-corrected chi connectivity index (χ1v) is 8.25. The number of benzene rings is 1. The summed E-state index contributed by atoms with van der Waals surface area (Å²) in [4.78, 5) is 25.7. The Morgan fingerprint density at radius 2 is 1.92 bits per heavy atom. The molecule has 0 aliphatic carbocycles. The number of amides is 1. The van der Waals surface area contributed by atoms with Crippen LogP contribution in [0.4, 0.5) is 4.39 Å². The molecule has 2 aliphatic heterocycles. The van der Waals surface area contributed by atoms with E-state index in [-0.39, 0.29) is 17.8 Å². The molecule has 3 N–H and O–H groups in total. The largest absolute Gasteiger partial charge is 0.480 e. The Balaban J connectivity index is 1.67. The number of hydrogen-bond acceptors (Lipinski definition) is 4. The van der Waals surface area contributed by atoms with Gasteiger partial charge in [0.05, 0.1) is 0 Å². The van der Waals surface area contributed by atoms with E-state index in [1.807, 2.05) is 6.92 Å². The Bertz CT molecular complexity index is 622. The van der Waals surface area contributed by atoms with Crippen molar-refractivity contribution in [3.05, 3.63) is 35.6 Å². The Kier molecular flexibility index (Phi) is 4.82. The normalized spacial score (nSPS) is 30.3. The van der Waals surface area contributed by atoms with Gasteiger partial charge in [-0.1, -0.05) is 19.1 Å². The van der Waals surface area contributed by atoms with E-state index in [2.05, 4.69) is 10.9 Å². The zero-order valence-corrected chi connectivity index (χ0v) is 13.5. The molecule has 0 radical (unpaired) electrons. The van der Waals surface area contributed by atoms with E-state index >= 15 is 0 Å². The minimum Gasteiger partial charge on any atom is -0.480 e. The number of likely N-dealkylation sites (tertiary alicyclic amines) is 1. The SMILES string of the molecule is CC1CCN(C(=O)C2CC(c3ccc(F)cc3)NN2)C(C(=O)O)C1. The van der Waals surface area contributed by atoms with E-state index < -0.39 is 18.1 Å². The van der Waals surface area contributed by atoms with Crippen LogP contribution in [-0.2, 0) is 9.59 Å². The summed E-state index contributed by atoms with van der Waals surface area (Å²) in [6.45, 7) is 2.48. The molecule has 1 aromatic carbocycles. The first kappa shape index (κ1) is 16.9. The van der Waals surface area contributed by atoms with Gasteiger partial charge in [0.2, 0.25) is 5.91 Å². The molecule has 4 atom stereocenters. The maximum absolute atomic E-state index is 13.0. The van der Waals surface area contributed by atoms with Crippen molar-refractivity contribution in [2.45, 2.75) is 44.3 Å². The molecule has 0 bridgehead atoms. The van der Waals surface area contributed by atoms with Crippen LogP contribution in [-0.4, -0.2) is 40.5 Å². The molecule has 2 heterocycles. The second-order valence-electron chi connectivity index (χ2n) is 6.70. The van der Waals surface area contributed by atoms with Gasteiger partial charge in [-0.05, 0) is 42.9 Å². The van der Waals surface area contributed by atoms with Crippen molar-refractivity contribution < 1.29 is 19.1 Å². The topological polar surface area (TPSA) is 81.7 Å². The van der Waals surface area contributed by atoms with Crippen molar-refractivity contribution in [1.29, 1.82) is 0 Å². The van der Waals surface area contributed by atoms with Crippen molar-refractivity contribution in [3.8, 4) is 0 Å². The van der Waals surface area contributed by atoms with E-state index in [9.17, 15) is 19.1 Å². The fourth-order valence-corrected chi connectivity index (χ4v) is 3.47. The second kappa shape index (κ2) is 6.86. The van der Waals surface area contributed by atoms with Crippen LogP contribution >= 0.6 is 0 Å². The molecule has 3 rings (SSSR count). The lowest BCUT2D eigenvalue weighted by Crippen LogP contribution is -2.55. The number of hydrogen-bond donors (Lipinski definition) is 3. The maximum Gasteiger partial charge on any atom is 0.326 e. The number of hydrazine groups is 1. The average molecular weight is 335 g/mol. The van der Waals surface area contributed by atoms with Crippen LogP contribution in [0.3, 0.4) is 0 Å². The summed E-state index contributed by atoms with van der Waals surface area (Å²) in [5.74, 6) is -1.14. The summed E-state index contributed by atoms with van der Waals surface area (Å²) in [7, 11) is 0. The lowest BCUT2D eigenvalue weighted by molar-refractivity contribution is -0.153. The van der Waals surface area contributed by atoms with Gasteiger partial charge in [-0.15, -0.1) is 0 Å². The zero-order chi connectivity index (χ0) is 17.3. The molecule has 2 aliphatic rings. The molecular weight excluding hydrogens is 313 g/mol. The molecule has 7 heteroatoms. The Labute approximate surface area is 140 Å². The molecule has 0 saturated carbocycles. The van der Waals surface area contributed by atoms with Crippen LogP contribution in [0.1, 0.15) is 37.8 Å². The third-order valence-corrected chi connectivity index (χ3v) is 4.91. The predicted octanol–water partition coefficient (Wildman–Crippen LogP) is 1.44. The molecule has 6 nitrogen and oxygen atoms in total. The minimum absolute atomic E-state index is 0.105. The molecule has 2 fully saturated rings. The van der Waals surface area contributed by atoms with Gasteiger partial charge < -0.3 is 10.0 Å². The predicted molar refractivity (Wildman–Crippen MR) is 85.4 cm³/mol. The van der Waals surface area contributed by atoms with Crippen molar-refractivity contribution in [2.24, 2.45) is 5.92 Å². The van der Waals surface area contributed by atoms with Gasteiger partial charge >= 0.3 is 5.97 Å². The number of carbonyl (C=O) groups excluding carboxylic acids is 1. The number of halogens is 1. The highest BCUT2D eigenvalue weighted by Crippen LogP contribution is 2.27. The number of aliphatic carboxylic acids is 1. The van der Waals surface area contributed by atoms with Crippen LogP contribution in [0, 0.1) is 11.7 Å². The quantitative estimate of drug-likeness (QED) is 0.779. The first-order valence-electron chi connectivity index (χ1n) is 8.25. The van der Waals surface area contributed by atoms with Gasteiger partial charge in [-0.25, -0.2) is 20.0 Å². The minimum atomic E-state index is -0.948. The Hall–Kier alpha value is -1.99. The van der Waals surface area contributed by atoms with Crippen molar-refractivity contribution >= 4 is 11.9 Å². The van der Waals surface area contributed by atoms with Crippen molar-refractivity contribution in [3.63, 3.8) is 0 Å². The van der Waals surface area contributed by atoms with Gasteiger partial charge in [0.1, 0.15) is 17.9 Å². The number of rotatable bonds is 3. The number of nitrogens with one attached hydrogen (secondary N) is 2. The number of nitrogens with zero attached hydrogens (tertiary/aromatic N) is 1. The highest BCUT2D eigenvalue weighted by Gasteiger charge is 2.40. The maximum atomic E-state index is 13.0. The van der Waals surface area contributed by atoms with Gasteiger partial charge in [0.25, 0.3) is 0 Å². The molecule has 1 amide bonds. The third kappa shape index (κ3) is 3.42. The van der Waals surface area contributed by atoms with Crippen LogP contribution in [0.5, 0.6) is 0 Å². The Morgan fingerprint density at radius 1 is 1.21 bits per heavy atom. The average Bonchev–Trinajstić information content (AvgIpc) is 3.04. The fraction of sp³-hybridized carbons (Fsp3) is 0.529. The summed E-state index contributed by atoms with van der Waals surface area (Å²) in [6.07, 6.45) is 1.81. The number of carboxylic acid groups (broad SMARTS) is 1. The highest BCUT2D eigenvalue weighted by molar-refractivity contribution is 5.87. The Morgan fingerprint density at radius 3 is 2.58 bits per heavy atom. The summed E-state index contributed by atoms with van der Waals surface area (Å²) in [5, 5.41) is 9.41. The first-order chi connectivity index (χ1) is 11.5. The van der Waals surface area contributed by atoms with Crippen LogP contribution in [0.2, 0.25) is 0 Å². The molecule has 0 spiro atoms. The van der Waals surface area contributed by atoms with Gasteiger partial charge in [0.15, 0.2) is 0 Å². The van der Waals surface area contributed by atoms with E-state index in [4.69, 9.17) is 0 Å². The lowest BCUT2D eigenvalue weighted by atomic mass is 9.91.